The van der Waals surface area contributed by atoms with Gasteiger partial charge < -0.3 is 0 Å². The first kappa shape index (κ1) is 14.7. The van der Waals surface area contributed by atoms with Gasteiger partial charge in [-0.25, -0.2) is 0 Å². The molecule has 2 aromatic rings. The van der Waals surface area contributed by atoms with Gasteiger partial charge in [-0.05, 0) is 67.5 Å². The molecule has 3 nitrogen and oxygen atoms in total. The van der Waals surface area contributed by atoms with Crippen molar-refractivity contribution in [2.45, 2.75) is 39.7 Å². The highest BCUT2D eigenvalue weighted by Gasteiger charge is 2.13. The molecule has 0 aliphatic heterocycles. The van der Waals surface area contributed by atoms with E-state index in [2.05, 4.69) is 49.4 Å². The Labute approximate surface area is 121 Å². The molecule has 0 spiro atoms. The fourth-order valence-electron chi connectivity index (χ4n) is 2.54. The zero-order chi connectivity index (χ0) is 14.5. The van der Waals surface area contributed by atoms with E-state index in [-0.39, 0.29) is 6.04 Å². The molecular weight excluding hydrogens is 246 g/mol. The van der Waals surface area contributed by atoms with Crippen LogP contribution in [0.2, 0.25) is 0 Å². The van der Waals surface area contributed by atoms with Crippen LogP contribution in [0.5, 0.6) is 0 Å². The normalized spacial score (nSPS) is 12.4. The van der Waals surface area contributed by atoms with Crippen LogP contribution in [-0.4, -0.2) is 4.98 Å². The van der Waals surface area contributed by atoms with Crippen molar-refractivity contribution >= 4 is 0 Å². The minimum Gasteiger partial charge on any atom is -0.271 e. The van der Waals surface area contributed by atoms with Gasteiger partial charge in [0.05, 0.1) is 0 Å². The van der Waals surface area contributed by atoms with Gasteiger partial charge in [0.2, 0.25) is 0 Å². The lowest BCUT2D eigenvalue weighted by molar-refractivity contribution is 0.513. The van der Waals surface area contributed by atoms with Crippen molar-refractivity contribution in [3.05, 3.63) is 64.5 Å². The third kappa shape index (κ3) is 3.44. The third-order valence-corrected chi connectivity index (χ3v) is 3.90. The number of aromatic nitrogens is 1. The zero-order valence-corrected chi connectivity index (χ0v) is 12.5. The van der Waals surface area contributed by atoms with Gasteiger partial charge in [-0.15, -0.1) is 0 Å². The molecule has 1 atom stereocenters. The molecule has 3 N–H and O–H groups in total. The summed E-state index contributed by atoms with van der Waals surface area (Å²) < 4.78 is 0. The van der Waals surface area contributed by atoms with Gasteiger partial charge in [-0.3, -0.25) is 16.3 Å². The molecule has 0 saturated heterocycles. The molecule has 1 aromatic heterocycles. The quantitative estimate of drug-likeness (QED) is 0.647. The first-order valence-corrected chi connectivity index (χ1v) is 7.04. The largest absolute Gasteiger partial charge is 0.271 e. The molecule has 0 aliphatic rings. The second kappa shape index (κ2) is 6.64. The lowest BCUT2D eigenvalue weighted by Crippen LogP contribution is -2.29. The van der Waals surface area contributed by atoms with Gasteiger partial charge in [0.1, 0.15) is 0 Å². The van der Waals surface area contributed by atoms with Crippen molar-refractivity contribution in [3.8, 4) is 0 Å². The molecule has 0 fully saturated rings. The number of hydrazine groups is 1. The van der Waals surface area contributed by atoms with Crippen LogP contribution in [0.15, 0.2) is 36.7 Å². The van der Waals surface area contributed by atoms with Gasteiger partial charge in [-0.2, -0.15) is 0 Å². The highest BCUT2D eigenvalue weighted by molar-refractivity contribution is 5.38. The standard InChI is InChI=1S/C17H23N3/c1-12-9-14(3)16(10-13(12)2)17(20-18)7-6-15-5-4-8-19-11-15/h4-5,8-11,17,20H,6-7,18H2,1-3H3. The number of hydrogen-bond donors (Lipinski definition) is 2. The summed E-state index contributed by atoms with van der Waals surface area (Å²) in [6, 6.07) is 8.74. The van der Waals surface area contributed by atoms with Crippen LogP contribution >= 0.6 is 0 Å². The third-order valence-electron chi connectivity index (χ3n) is 3.90. The molecule has 0 saturated carbocycles. The number of nitrogens with zero attached hydrogens (tertiary/aromatic N) is 1. The summed E-state index contributed by atoms with van der Waals surface area (Å²) in [4.78, 5) is 4.15. The molecule has 1 heterocycles. The Bertz CT molecular complexity index is 564. The molecule has 3 heteroatoms. The summed E-state index contributed by atoms with van der Waals surface area (Å²) in [5.41, 5.74) is 9.43. The summed E-state index contributed by atoms with van der Waals surface area (Å²) in [5.74, 6) is 5.76. The van der Waals surface area contributed by atoms with E-state index in [0.29, 0.717) is 0 Å². The first-order valence-electron chi connectivity index (χ1n) is 7.04. The average Bonchev–Trinajstić information content (AvgIpc) is 2.46. The van der Waals surface area contributed by atoms with E-state index in [4.69, 9.17) is 5.84 Å². The van der Waals surface area contributed by atoms with E-state index in [1.807, 2.05) is 12.3 Å². The molecule has 0 bridgehead atoms. The lowest BCUT2D eigenvalue weighted by Gasteiger charge is -2.20. The van der Waals surface area contributed by atoms with E-state index in [0.717, 1.165) is 12.8 Å². The summed E-state index contributed by atoms with van der Waals surface area (Å²) in [7, 11) is 0. The predicted octanol–water partition coefficient (Wildman–Crippen LogP) is 3.14. The monoisotopic (exact) mass is 269 g/mol. The van der Waals surface area contributed by atoms with Gasteiger partial charge in [0.15, 0.2) is 0 Å². The van der Waals surface area contributed by atoms with Crippen molar-refractivity contribution in [3.63, 3.8) is 0 Å². The van der Waals surface area contributed by atoms with E-state index in [1.54, 1.807) is 6.20 Å². The number of rotatable bonds is 5. The number of nitrogens with one attached hydrogen (secondary N) is 1. The number of hydrogen-bond acceptors (Lipinski definition) is 3. The molecule has 20 heavy (non-hydrogen) atoms. The fraction of sp³-hybridized carbons (Fsp3) is 0.353. The Morgan fingerprint density at radius 3 is 2.55 bits per heavy atom. The van der Waals surface area contributed by atoms with E-state index >= 15 is 0 Å². The Morgan fingerprint density at radius 1 is 1.15 bits per heavy atom. The maximum atomic E-state index is 5.76. The summed E-state index contributed by atoms with van der Waals surface area (Å²) in [6.45, 7) is 6.44. The fourth-order valence-corrected chi connectivity index (χ4v) is 2.54. The van der Waals surface area contributed by atoms with Gasteiger partial charge >= 0.3 is 0 Å². The summed E-state index contributed by atoms with van der Waals surface area (Å²) >= 11 is 0. The Morgan fingerprint density at radius 2 is 1.90 bits per heavy atom. The molecule has 1 aromatic carbocycles. The van der Waals surface area contributed by atoms with Crippen molar-refractivity contribution in [2.24, 2.45) is 5.84 Å². The number of pyridine rings is 1. The van der Waals surface area contributed by atoms with Crippen LogP contribution in [-0.2, 0) is 6.42 Å². The highest BCUT2D eigenvalue weighted by Crippen LogP contribution is 2.24. The molecule has 0 radical (unpaired) electrons. The van der Waals surface area contributed by atoms with Crippen LogP contribution in [0.4, 0.5) is 0 Å². The van der Waals surface area contributed by atoms with Gasteiger partial charge in [0.25, 0.3) is 0 Å². The smallest absolute Gasteiger partial charge is 0.0465 e. The predicted molar refractivity (Wildman–Crippen MR) is 83.3 cm³/mol. The topological polar surface area (TPSA) is 50.9 Å². The molecule has 0 amide bonds. The Hall–Kier alpha value is -1.71. The van der Waals surface area contributed by atoms with Crippen molar-refractivity contribution in [2.75, 3.05) is 0 Å². The molecular formula is C17H23N3. The van der Waals surface area contributed by atoms with Crippen molar-refractivity contribution < 1.29 is 0 Å². The molecule has 2 rings (SSSR count). The number of aryl methyl sites for hydroxylation is 4. The second-order valence-corrected chi connectivity index (χ2v) is 5.41. The van der Waals surface area contributed by atoms with E-state index < -0.39 is 0 Å². The van der Waals surface area contributed by atoms with Crippen molar-refractivity contribution in [1.82, 2.24) is 10.4 Å². The van der Waals surface area contributed by atoms with Gasteiger partial charge in [-0.1, -0.05) is 18.2 Å². The molecule has 106 valence electrons. The molecule has 0 aliphatic carbocycles. The maximum absolute atomic E-state index is 5.76. The van der Waals surface area contributed by atoms with Crippen molar-refractivity contribution in [1.29, 1.82) is 0 Å². The summed E-state index contributed by atoms with van der Waals surface area (Å²) in [5, 5.41) is 0. The van der Waals surface area contributed by atoms with Gasteiger partial charge in [0, 0.05) is 18.4 Å². The maximum Gasteiger partial charge on any atom is 0.0465 e. The lowest BCUT2D eigenvalue weighted by atomic mass is 9.93. The van der Waals surface area contributed by atoms with Crippen LogP contribution in [0, 0.1) is 20.8 Å². The molecule has 1 unspecified atom stereocenters. The van der Waals surface area contributed by atoms with E-state index in [9.17, 15) is 0 Å². The minimum atomic E-state index is 0.175. The first-order chi connectivity index (χ1) is 9.61. The highest BCUT2D eigenvalue weighted by atomic mass is 15.2. The van der Waals surface area contributed by atoms with Crippen LogP contribution in [0.1, 0.15) is 40.3 Å². The Kier molecular flexibility index (Phi) is 4.88. The SMILES string of the molecule is Cc1cc(C)c(C(CCc2cccnc2)NN)cc1C. The van der Waals surface area contributed by atoms with Crippen LogP contribution < -0.4 is 11.3 Å². The van der Waals surface area contributed by atoms with E-state index in [1.165, 1.54) is 27.8 Å². The number of benzene rings is 1. The zero-order valence-electron chi connectivity index (χ0n) is 12.5. The number of nitrogens with two attached hydrogens (primary N) is 1. The average molecular weight is 269 g/mol. The van der Waals surface area contributed by atoms with Crippen LogP contribution in [0.25, 0.3) is 0 Å². The Balaban J connectivity index is 2.14. The minimum absolute atomic E-state index is 0.175. The van der Waals surface area contributed by atoms with Crippen LogP contribution in [0.3, 0.4) is 0 Å². The summed E-state index contributed by atoms with van der Waals surface area (Å²) in [6.07, 6.45) is 5.65. The second-order valence-electron chi connectivity index (χ2n) is 5.41.